The molecule has 7 nitrogen and oxygen atoms in total. The molecule has 36 heavy (non-hydrogen) atoms. The zero-order chi connectivity index (χ0) is 25.9. The zero-order valence-corrected chi connectivity index (χ0v) is 22.2. The first kappa shape index (κ1) is 25.7. The number of anilines is 1. The average Bonchev–Trinajstić information content (AvgIpc) is 3.55. The molecule has 6 rings (SSSR count). The maximum atomic E-state index is 13.9. The van der Waals surface area contributed by atoms with Crippen LogP contribution in [0.5, 0.6) is 0 Å². The number of alkyl halides is 3. The molecule has 2 bridgehead atoms. The summed E-state index contributed by atoms with van der Waals surface area (Å²) in [6, 6.07) is 1.35. The number of hydrogen-bond donors (Lipinski definition) is 0. The van der Waals surface area contributed by atoms with Crippen LogP contribution in [-0.2, 0) is 10.2 Å². The molecule has 2 aromatic rings. The molecule has 0 aliphatic heterocycles. The SMILES string of the molecule is CC(C)(OC(=O)N(CC12CCC(c3nc(C4CC4)no3)(CC1)CC2)c1cc(I)c(F)cn1)C(F)(F)F. The van der Waals surface area contributed by atoms with Crippen molar-refractivity contribution in [3.8, 4) is 0 Å². The Labute approximate surface area is 219 Å². The Bertz CT molecular complexity index is 1140. The lowest BCUT2D eigenvalue weighted by atomic mass is 9.53. The van der Waals surface area contributed by atoms with Crippen LogP contribution < -0.4 is 4.90 Å². The Morgan fingerprint density at radius 1 is 1.19 bits per heavy atom. The van der Waals surface area contributed by atoms with Gasteiger partial charge < -0.3 is 9.26 Å². The Morgan fingerprint density at radius 2 is 1.83 bits per heavy atom. The minimum atomic E-state index is -4.75. The molecule has 0 aromatic carbocycles. The highest BCUT2D eigenvalue weighted by Crippen LogP contribution is 2.58. The van der Waals surface area contributed by atoms with Crippen molar-refractivity contribution < 1.29 is 31.6 Å². The van der Waals surface area contributed by atoms with Gasteiger partial charge in [0.1, 0.15) is 5.82 Å². The molecule has 4 saturated carbocycles. The monoisotopic (exact) mass is 622 g/mol. The molecule has 0 saturated heterocycles. The van der Waals surface area contributed by atoms with E-state index in [2.05, 4.69) is 15.1 Å². The van der Waals surface area contributed by atoms with Gasteiger partial charge in [-0.05, 0) is 99.3 Å². The van der Waals surface area contributed by atoms with Crippen LogP contribution in [0.3, 0.4) is 0 Å². The lowest BCUT2D eigenvalue weighted by molar-refractivity contribution is -0.243. The number of amides is 1. The summed E-state index contributed by atoms with van der Waals surface area (Å²) in [6.07, 6.45) is 1.77. The lowest BCUT2D eigenvalue weighted by Crippen LogP contribution is -2.53. The van der Waals surface area contributed by atoms with Crippen LogP contribution in [0.1, 0.15) is 82.8 Å². The van der Waals surface area contributed by atoms with Gasteiger partial charge in [-0.25, -0.2) is 14.2 Å². The number of pyridine rings is 1. The van der Waals surface area contributed by atoms with Gasteiger partial charge in [0.2, 0.25) is 11.5 Å². The van der Waals surface area contributed by atoms with Crippen LogP contribution in [0.2, 0.25) is 0 Å². The first-order valence-electron chi connectivity index (χ1n) is 12.1. The van der Waals surface area contributed by atoms with Gasteiger partial charge in [-0.2, -0.15) is 18.2 Å². The van der Waals surface area contributed by atoms with E-state index in [1.807, 2.05) is 0 Å². The van der Waals surface area contributed by atoms with Crippen LogP contribution in [0.4, 0.5) is 28.2 Å². The van der Waals surface area contributed by atoms with Gasteiger partial charge in [0, 0.05) is 17.9 Å². The summed E-state index contributed by atoms with van der Waals surface area (Å²) in [4.78, 5) is 23.0. The van der Waals surface area contributed by atoms with Crippen molar-refractivity contribution in [3.63, 3.8) is 0 Å². The average molecular weight is 622 g/mol. The third-order valence-electron chi connectivity index (χ3n) is 8.05. The van der Waals surface area contributed by atoms with Crippen molar-refractivity contribution in [2.24, 2.45) is 5.41 Å². The first-order valence-corrected chi connectivity index (χ1v) is 13.1. The minimum Gasteiger partial charge on any atom is -0.433 e. The van der Waals surface area contributed by atoms with E-state index in [0.29, 0.717) is 11.8 Å². The van der Waals surface area contributed by atoms with Gasteiger partial charge in [-0.1, -0.05) is 5.16 Å². The highest BCUT2D eigenvalue weighted by Gasteiger charge is 2.55. The van der Waals surface area contributed by atoms with E-state index in [4.69, 9.17) is 9.26 Å². The van der Waals surface area contributed by atoms with Crippen molar-refractivity contribution in [2.75, 3.05) is 11.4 Å². The van der Waals surface area contributed by atoms with E-state index in [-0.39, 0.29) is 26.8 Å². The summed E-state index contributed by atoms with van der Waals surface area (Å²) >= 11 is 1.76. The van der Waals surface area contributed by atoms with Gasteiger partial charge in [0.05, 0.1) is 9.77 Å². The maximum absolute atomic E-state index is 13.9. The molecular formula is C24H27F4IN4O3. The molecule has 196 valence electrons. The molecule has 1 amide bonds. The van der Waals surface area contributed by atoms with Crippen molar-refractivity contribution in [1.82, 2.24) is 15.1 Å². The standard InChI is InChI=1S/C24H27F4IN4O3/c1-21(2,24(26,27)28)35-20(34)33(17-11-16(29)15(25)12-30-17)13-22-5-8-23(9-6-22,10-7-22)19-31-18(32-36-19)14-3-4-14/h11-12,14H,3-10,13H2,1-2H3. The molecule has 0 N–H and O–H groups in total. The summed E-state index contributed by atoms with van der Waals surface area (Å²) in [5.74, 6) is 1.34. The number of carbonyl (C=O) groups excluding carboxylic acids is 1. The van der Waals surface area contributed by atoms with Crippen LogP contribution in [0, 0.1) is 14.8 Å². The van der Waals surface area contributed by atoms with Crippen molar-refractivity contribution in [1.29, 1.82) is 0 Å². The molecule has 4 aliphatic carbocycles. The van der Waals surface area contributed by atoms with E-state index in [1.54, 1.807) is 22.6 Å². The number of carbonyl (C=O) groups is 1. The second kappa shape index (κ2) is 8.80. The van der Waals surface area contributed by atoms with Crippen molar-refractivity contribution in [3.05, 3.63) is 33.4 Å². The Hall–Kier alpha value is -1.99. The fourth-order valence-electron chi connectivity index (χ4n) is 5.24. The van der Waals surface area contributed by atoms with Gasteiger partial charge in [0.25, 0.3) is 0 Å². The zero-order valence-electron chi connectivity index (χ0n) is 20.0. The summed E-state index contributed by atoms with van der Waals surface area (Å²) in [7, 11) is 0. The van der Waals surface area contributed by atoms with E-state index >= 15 is 0 Å². The molecule has 12 heteroatoms. The Morgan fingerprint density at radius 3 is 2.39 bits per heavy atom. The predicted octanol–water partition coefficient (Wildman–Crippen LogP) is 6.66. The Kier molecular flexibility index (Phi) is 6.27. The molecule has 0 atom stereocenters. The highest BCUT2D eigenvalue weighted by molar-refractivity contribution is 14.1. The topological polar surface area (TPSA) is 81.4 Å². The quantitative estimate of drug-likeness (QED) is 0.265. The number of rotatable bonds is 6. The van der Waals surface area contributed by atoms with Crippen LogP contribution >= 0.6 is 22.6 Å². The molecule has 4 aliphatic rings. The molecular weight excluding hydrogens is 595 g/mol. The van der Waals surface area contributed by atoms with Crippen LogP contribution in [0.15, 0.2) is 16.8 Å². The normalized spacial score (nSPS) is 26.2. The number of halogens is 5. The number of aromatic nitrogens is 3. The summed E-state index contributed by atoms with van der Waals surface area (Å²) in [5.41, 5.74) is -3.22. The van der Waals surface area contributed by atoms with Crippen LogP contribution in [0.25, 0.3) is 0 Å². The van der Waals surface area contributed by atoms with E-state index in [9.17, 15) is 22.4 Å². The molecule has 0 spiro atoms. The van der Waals surface area contributed by atoms with Gasteiger partial charge in [-0.15, -0.1) is 0 Å². The third-order valence-corrected chi connectivity index (χ3v) is 8.88. The summed E-state index contributed by atoms with van der Waals surface area (Å²) in [6.45, 7) is 1.74. The van der Waals surface area contributed by atoms with Crippen molar-refractivity contribution in [2.45, 2.75) is 88.3 Å². The second-order valence-electron chi connectivity index (χ2n) is 10.9. The number of fused-ring (bicyclic) bond motifs is 3. The number of ether oxygens (including phenoxy) is 1. The third kappa shape index (κ3) is 4.69. The second-order valence-corrected chi connectivity index (χ2v) is 12.1. The highest BCUT2D eigenvalue weighted by atomic mass is 127. The van der Waals surface area contributed by atoms with Gasteiger partial charge in [-0.3, -0.25) is 4.90 Å². The van der Waals surface area contributed by atoms with Crippen LogP contribution in [-0.4, -0.2) is 39.5 Å². The van der Waals surface area contributed by atoms with Gasteiger partial charge in [0.15, 0.2) is 11.6 Å². The maximum Gasteiger partial charge on any atom is 0.427 e. The molecule has 2 aromatic heterocycles. The first-order chi connectivity index (χ1) is 16.8. The molecule has 2 heterocycles. The fourth-order valence-corrected chi connectivity index (χ4v) is 5.65. The smallest absolute Gasteiger partial charge is 0.427 e. The molecule has 4 fully saturated rings. The number of hydrogen-bond acceptors (Lipinski definition) is 6. The fraction of sp³-hybridized carbons (Fsp3) is 0.667. The van der Waals surface area contributed by atoms with E-state index < -0.39 is 23.7 Å². The Balaban J connectivity index is 1.37. The molecule has 0 unspecified atom stereocenters. The molecule has 0 radical (unpaired) electrons. The lowest BCUT2D eigenvalue weighted by Gasteiger charge is -2.52. The van der Waals surface area contributed by atoms with E-state index in [1.165, 1.54) is 6.07 Å². The van der Waals surface area contributed by atoms with Crippen molar-refractivity contribution >= 4 is 34.5 Å². The summed E-state index contributed by atoms with van der Waals surface area (Å²) < 4.78 is 65.1. The summed E-state index contributed by atoms with van der Waals surface area (Å²) in [5, 5.41) is 4.17. The van der Waals surface area contributed by atoms with E-state index in [0.717, 1.165) is 82.1 Å². The van der Waals surface area contributed by atoms with Gasteiger partial charge >= 0.3 is 12.3 Å². The number of nitrogens with zero attached hydrogens (tertiary/aromatic N) is 4. The minimum absolute atomic E-state index is 0.0616. The largest absolute Gasteiger partial charge is 0.433 e. The predicted molar refractivity (Wildman–Crippen MR) is 129 cm³/mol.